The lowest BCUT2D eigenvalue weighted by atomic mass is 10.2. The first-order valence-electron chi connectivity index (χ1n) is 5.60. The first-order chi connectivity index (χ1) is 8.01. The number of anilines is 1. The Balaban J connectivity index is 3.10. The van der Waals surface area contributed by atoms with E-state index in [2.05, 4.69) is 17.0 Å². The second-order valence-electron chi connectivity index (χ2n) is 3.93. The quantitative estimate of drug-likeness (QED) is 0.469. The van der Waals surface area contributed by atoms with Gasteiger partial charge in [-0.2, -0.15) is 5.10 Å². The average Bonchev–Trinajstić information content (AvgIpc) is 2.55. The summed E-state index contributed by atoms with van der Waals surface area (Å²) in [6, 6.07) is 0.0904. The monoisotopic (exact) mass is 238 g/mol. The SMILES string of the molecule is C=CCC(C)Nc1c([N+](=O)[O-])c(C)nn1CC. The van der Waals surface area contributed by atoms with Crippen molar-refractivity contribution in [1.29, 1.82) is 0 Å². The highest BCUT2D eigenvalue weighted by molar-refractivity contribution is 5.60. The van der Waals surface area contributed by atoms with Crippen LogP contribution in [0.2, 0.25) is 0 Å². The largest absolute Gasteiger partial charge is 0.362 e. The summed E-state index contributed by atoms with van der Waals surface area (Å²) in [6.07, 6.45) is 2.52. The van der Waals surface area contributed by atoms with Gasteiger partial charge in [0.25, 0.3) is 0 Å². The number of aryl methyl sites for hydroxylation is 2. The van der Waals surface area contributed by atoms with Crippen LogP contribution in [0.5, 0.6) is 0 Å². The molecule has 1 aromatic rings. The molecule has 0 bridgehead atoms. The molecule has 0 saturated heterocycles. The summed E-state index contributed by atoms with van der Waals surface area (Å²) in [4.78, 5) is 10.6. The second-order valence-corrected chi connectivity index (χ2v) is 3.93. The van der Waals surface area contributed by atoms with E-state index in [-0.39, 0.29) is 11.7 Å². The molecule has 0 amide bonds. The highest BCUT2D eigenvalue weighted by Gasteiger charge is 2.25. The molecule has 0 spiro atoms. The molecule has 17 heavy (non-hydrogen) atoms. The van der Waals surface area contributed by atoms with Gasteiger partial charge in [0.1, 0.15) is 5.69 Å². The third-order valence-electron chi connectivity index (χ3n) is 2.48. The van der Waals surface area contributed by atoms with Crippen LogP contribution in [-0.2, 0) is 6.54 Å². The lowest BCUT2D eigenvalue weighted by Crippen LogP contribution is -2.18. The van der Waals surface area contributed by atoms with Crippen LogP contribution in [-0.4, -0.2) is 20.7 Å². The minimum absolute atomic E-state index is 0.0581. The van der Waals surface area contributed by atoms with Gasteiger partial charge in [0.15, 0.2) is 0 Å². The van der Waals surface area contributed by atoms with Crippen LogP contribution in [0.3, 0.4) is 0 Å². The van der Waals surface area contributed by atoms with Crippen LogP contribution in [0.15, 0.2) is 12.7 Å². The zero-order chi connectivity index (χ0) is 13.0. The van der Waals surface area contributed by atoms with Crippen molar-refractivity contribution in [1.82, 2.24) is 9.78 Å². The summed E-state index contributed by atoms with van der Waals surface area (Å²) in [6.45, 7) is 9.75. The van der Waals surface area contributed by atoms with Crippen molar-refractivity contribution in [2.24, 2.45) is 0 Å². The third kappa shape index (κ3) is 2.83. The lowest BCUT2D eigenvalue weighted by Gasteiger charge is -2.13. The van der Waals surface area contributed by atoms with E-state index in [0.717, 1.165) is 6.42 Å². The van der Waals surface area contributed by atoms with Gasteiger partial charge in [-0.25, -0.2) is 4.68 Å². The first kappa shape index (κ1) is 13.2. The van der Waals surface area contributed by atoms with Gasteiger partial charge in [-0.05, 0) is 27.2 Å². The van der Waals surface area contributed by atoms with Crippen molar-refractivity contribution in [2.45, 2.75) is 39.8 Å². The maximum atomic E-state index is 11.0. The molecule has 0 aliphatic carbocycles. The van der Waals surface area contributed by atoms with Crippen molar-refractivity contribution >= 4 is 11.5 Å². The van der Waals surface area contributed by atoms with E-state index in [1.54, 1.807) is 17.7 Å². The first-order valence-corrected chi connectivity index (χ1v) is 5.60. The minimum atomic E-state index is -0.391. The maximum absolute atomic E-state index is 11.0. The molecule has 0 aromatic carbocycles. The predicted molar refractivity (Wildman–Crippen MR) is 67.2 cm³/mol. The van der Waals surface area contributed by atoms with Gasteiger partial charge in [-0.3, -0.25) is 10.1 Å². The van der Waals surface area contributed by atoms with Crippen LogP contribution in [0.4, 0.5) is 11.5 Å². The fourth-order valence-electron chi connectivity index (χ4n) is 1.70. The van der Waals surface area contributed by atoms with E-state index in [9.17, 15) is 10.1 Å². The molecule has 0 fully saturated rings. The summed E-state index contributed by atoms with van der Waals surface area (Å²) < 4.78 is 1.62. The molecule has 1 unspecified atom stereocenters. The Labute approximate surface area is 100 Å². The van der Waals surface area contributed by atoms with Crippen LogP contribution < -0.4 is 5.32 Å². The number of aromatic nitrogens is 2. The Morgan fingerprint density at radius 2 is 2.35 bits per heavy atom. The highest BCUT2D eigenvalue weighted by Crippen LogP contribution is 2.28. The summed E-state index contributed by atoms with van der Waals surface area (Å²) in [7, 11) is 0. The Bertz CT molecular complexity index is 425. The summed E-state index contributed by atoms with van der Waals surface area (Å²) in [5.74, 6) is 0.476. The van der Waals surface area contributed by atoms with Crippen LogP contribution >= 0.6 is 0 Å². The van der Waals surface area contributed by atoms with E-state index in [4.69, 9.17) is 0 Å². The maximum Gasteiger partial charge on any atom is 0.333 e. The van der Waals surface area contributed by atoms with Crippen LogP contribution in [0, 0.1) is 17.0 Å². The van der Waals surface area contributed by atoms with Gasteiger partial charge in [-0.1, -0.05) is 6.08 Å². The molecule has 1 rings (SSSR count). The van der Waals surface area contributed by atoms with Gasteiger partial charge in [-0.15, -0.1) is 6.58 Å². The topological polar surface area (TPSA) is 73.0 Å². The molecule has 6 heteroatoms. The van der Waals surface area contributed by atoms with Gasteiger partial charge in [0.05, 0.1) is 4.92 Å². The molecular formula is C11H18N4O2. The van der Waals surface area contributed by atoms with Crippen molar-refractivity contribution in [3.63, 3.8) is 0 Å². The Hall–Kier alpha value is -1.85. The fraction of sp³-hybridized carbons (Fsp3) is 0.545. The Morgan fingerprint density at radius 1 is 1.71 bits per heavy atom. The number of rotatable bonds is 6. The molecular weight excluding hydrogens is 220 g/mol. The Kier molecular flexibility index (Phi) is 4.25. The summed E-state index contributed by atoms with van der Waals surface area (Å²) in [5, 5.41) is 18.3. The fourth-order valence-corrected chi connectivity index (χ4v) is 1.70. The molecule has 0 saturated carbocycles. The molecule has 0 radical (unpaired) electrons. The lowest BCUT2D eigenvalue weighted by molar-refractivity contribution is -0.384. The molecule has 6 nitrogen and oxygen atoms in total. The number of nitro groups is 1. The zero-order valence-corrected chi connectivity index (χ0v) is 10.4. The number of nitrogens with zero attached hydrogens (tertiary/aromatic N) is 3. The molecule has 0 aliphatic rings. The normalized spacial score (nSPS) is 12.2. The van der Waals surface area contributed by atoms with E-state index >= 15 is 0 Å². The molecule has 0 aliphatic heterocycles. The molecule has 1 atom stereocenters. The second kappa shape index (κ2) is 5.47. The molecule has 1 aromatic heterocycles. The third-order valence-corrected chi connectivity index (χ3v) is 2.48. The number of hydrogen-bond donors (Lipinski definition) is 1. The van der Waals surface area contributed by atoms with E-state index in [0.29, 0.717) is 18.1 Å². The standard InChI is InChI=1S/C11H18N4O2/c1-5-7-8(3)12-11-10(15(16)17)9(4)13-14(11)6-2/h5,8,12H,1,6-7H2,2-4H3. The van der Waals surface area contributed by atoms with Gasteiger partial charge in [0, 0.05) is 12.6 Å². The van der Waals surface area contributed by atoms with E-state index in [1.807, 2.05) is 13.8 Å². The molecule has 94 valence electrons. The van der Waals surface area contributed by atoms with Crippen molar-refractivity contribution in [3.05, 3.63) is 28.5 Å². The average molecular weight is 238 g/mol. The summed E-state index contributed by atoms with van der Waals surface area (Å²) in [5.41, 5.74) is 0.493. The predicted octanol–water partition coefficient (Wildman–Crippen LogP) is 2.50. The highest BCUT2D eigenvalue weighted by atomic mass is 16.6. The number of hydrogen-bond acceptors (Lipinski definition) is 4. The van der Waals surface area contributed by atoms with Crippen molar-refractivity contribution in [3.8, 4) is 0 Å². The van der Waals surface area contributed by atoms with Gasteiger partial charge >= 0.3 is 5.69 Å². The van der Waals surface area contributed by atoms with Gasteiger partial charge < -0.3 is 5.32 Å². The summed E-state index contributed by atoms with van der Waals surface area (Å²) >= 11 is 0. The number of nitrogens with one attached hydrogen (secondary N) is 1. The van der Waals surface area contributed by atoms with E-state index in [1.165, 1.54) is 0 Å². The minimum Gasteiger partial charge on any atom is -0.362 e. The zero-order valence-electron chi connectivity index (χ0n) is 10.4. The smallest absolute Gasteiger partial charge is 0.333 e. The Morgan fingerprint density at radius 3 is 2.82 bits per heavy atom. The van der Waals surface area contributed by atoms with Crippen molar-refractivity contribution < 1.29 is 4.92 Å². The van der Waals surface area contributed by atoms with Crippen LogP contribution in [0.1, 0.15) is 26.0 Å². The van der Waals surface area contributed by atoms with E-state index < -0.39 is 4.92 Å². The van der Waals surface area contributed by atoms with Gasteiger partial charge in [0.2, 0.25) is 5.82 Å². The molecule has 1 heterocycles. The van der Waals surface area contributed by atoms with Crippen molar-refractivity contribution in [2.75, 3.05) is 5.32 Å². The molecule has 1 N–H and O–H groups in total. The van der Waals surface area contributed by atoms with Crippen LogP contribution in [0.25, 0.3) is 0 Å².